The van der Waals surface area contributed by atoms with Crippen LogP contribution in [0.25, 0.3) is 0 Å². The van der Waals surface area contributed by atoms with E-state index in [1.807, 2.05) is 30.3 Å². The van der Waals surface area contributed by atoms with Crippen LogP contribution >= 0.6 is 0 Å². The first kappa shape index (κ1) is 10.0. The highest BCUT2D eigenvalue weighted by Gasteiger charge is 2.24. The first-order valence-corrected chi connectivity index (χ1v) is 5.34. The molecule has 2 N–H and O–H groups in total. The molecule has 0 aromatic heterocycles. The highest BCUT2D eigenvalue weighted by molar-refractivity contribution is 5.79. The fraction of sp³-hybridized carbons (Fsp3) is 0.417. The summed E-state index contributed by atoms with van der Waals surface area (Å²) in [6, 6.07) is 9.98. The second-order valence-electron chi connectivity index (χ2n) is 4.13. The van der Waals surface area contributed by atoms with Gasteiger partial charge < -0.3 is 10.6 Å². The monoisotopic (exact) mass is 204 g/mol. The molecule has 0 aliphatic heterocycles. The Morgan fingerprint density at radius 2 is 2.00 bits per heavy atom. The summed E-state index contributed by atoms with van der Waals surface area (Å²) in [5, 5.41) is 0. The van der Waals surface area contributed by atoms with E-state index >= 15 is 0 Å². The Morgan fingerprint density at radius 3 is 2.53 bits per heavy atom. The molecule has 0 atom stereocenters. The van der Waals surface area contributed by atoms with Gasteiger partial charge in [-0.3, -0.25) is 4.79 Å². The van der Waals surface area contributed by atoms with Gasteiger partial charge in [0.05, 0.1) is 6.54 Å². The van der Waals surface area contributed by atoms with Crippen LogP contribution in [-0.4, -0.2) is 19.0 Å². The van der Waals surface area contributed by atoms with Crippen LogP contribution < -0.4 is 10.6 Å². The van der Waals surface area contributed by atoms with Crippen LogP contribution in [0, 0.1) is 5.92 Å². The fourth-order valence-electron chi connectivity index (χ4n) is 1.70. The van der Waals surface area contributed by atoms with Crippen LogP contribution in [0.5, 0.6) is 0 Å². The molecule has 0 saturated heterocycles. The predicted octanol–water partition coefficient (Wildman–Crippen LogP) is 1.39. The summed E-state index contributed by atoms with van der Waals surface area (Å²) in [6.45, 7) is 1.27. The van der Waals surface area contributed by atoms with Crippen molar-refractivity contribution < 1.29 is 4.79 Å². The second-order valence-corrected chi connectivity index (χ2v) is 4.13. The maximum absolute atomic E-state index is 11.0. The van der Waals surface area contributed by atoms with Crippen LogP contribution in [-0.2, 0) is 4.79 Å². The van der Waals surface area contributed by atoms with Crippen molar-refractivity contribution in [3.05, 3.63) is 30.3 Å². The third kappa shape index (κ3) is 2.98. The van der Waals surface area contributed by atoms with E-state index in [0.29, 0.717) is 6.54 Å². The van der Waals surface area contributed by atoms with Crippen molar-refractivity contribution in [2.75, 3.05) is 18.0 Å². The molecule has 1 fully saturated rings. The number of hydrogen-bond acceptors (Lipinski definition) is 2. The van der Waals surface area contributed by atoms with E-state index < -0.39 is 0 Å². The molecule has 0 spiro atoms. The van der Waals surface area contributed by atoms with Crippen molar-refractivity contribution in [2.45, 2.75) is 12.8 Å². The third-order valence-electron chi connectivity index (χ3n) is 2.64. The molecular weight excluding hydrogens is 188 g/mol. The first-order chi connectivity index (χ1) is 7.25. The Hall–Kier alpha value is -1.51. The third-order valence-corrected chi connectivity index (χ3v) is 2.64. The Morgan fingerprint density at radius 1 is 1.33 bits per heavy atom. The van der Waals surface area contributed by atoms with Gasteiger partial charge in [-0.05, 0) is 30.9 Å². The van der Waals surface area contributed by atoms with Gasteiger partial charge in [0.25, 0.3) is 0 Å². The lowest BCUT2D eigenvalue weighted by Gasteiger charge is -2.23. The van der Waals surface area contributed by atoms with E-state index in [1.165, 1.54) is 12.8 Å². The lowest BCUT2D eigenvalue weighted by Crippen LogP contribution is -2.35. The number of anilines is 1. The number of amides is 1. The van der Waals surface area contributed by atoms with Gasteiger partial charge in [-0.15, -0.1) is 0 Å². The molecule has 0 heterocycles. The molecule has 1 saturated carbocycles. The maximum atomic E-state index is 11.0. The predicted molar refractivity (Wildman–Crippen MR) is 60.6 cm³/mol. The van der Waals surface area contributed by atoms with Crippen LogP contribution in [0.4, 0.5) is 5.69 Å². The first-order valence-electron chi connectivity index (χ1n) is 5.34. The minimum Gasteiger partial charge on any atom is -0.368 e. The molecule has 0 unspecified atom stereocenters. The number of hydrogen-bond donors (Lipinski definition) is 1. The van der Waals surface area contributed by atoms with Crippen molar-refractivity contribution in [3.8, 4) is 0 Å². The van der Waals surface area contributed by atoms with Gasteiger partial charge in [0.1, 0.15) is 0 Å². The van der Waals surface area contributed by atoms with Gasteiger partial charge in [-0.1, -0.05) is 18.2 Å². The zero-order valence-electron chi connectivity index (χ0n) is 8.73. The molecule has 1 aliphatic carbocycles. The summed E-state index contributed by atoms with van der Waals surface area (Å²) < 4.78 is 0. The molecular formula is C12H16N2O. The molecule has 0 bridgehead atoms. The molecule has 3 nitrogen and oxygen atoms in total. The average molecular weight is 204 g/mol. The summed E-state index contributed by atoms with van der Waals surface area (Å²) in [6.07, 6.45) is 2.56. The average Bonchev–Trinajstić information content (AvgIpc) is 3.01. The number of benzene rings is 1. The molecule has 0 radical (unpaired) electrons. The summed E-state index contributed by atoms with van der Waals surface area (Å²) in [7, 11) is 0. The molecule has 2 rings (SSSR count). The molecule has 80 valence electrons. The lowest BCUT2D eigenvalue weighted by molar-refractivity contribution is -0.116. The molecule has 1 amide bonds. The molecule has 1 aliphatic rings. The van der Waals surface area contributed by atoms with Crippen molar-refractivity contribution in [1.82, 2.24) is 0 Å². The molecule has 1 aromatic carbocycles. The number of primary amides is 1. The van der Waals surface area contributed by atoms with Gasteiger partial charge >= 0.3 is 0 Å². The Balaban J connectivity index is 2.06. The van der Waals surface area contributed by atoms with Crippen LogP contribution in [0.1, 0.15) is 12.8 Å². The number of nitrogens with two attached hydrogens (primary N) is 1. The largest absolute Gasteiger partial charge is 0.368 e. The summed E-state index contributed by atoms with van der Waals surface area (Å²) in [5.41, 5.74) is 6.33. The number of para-hydroxylation sites is 1. The highest BCUT2D eigenvalue weighted by Crippen LogP contribution is 2.31. The van der Waals surface area contributed by atoms with Gasteiger partial charge in [0.15, 0.2) is 0 Å². The van der Waals surface area contributed by atoms with Crippen molar-refractivity contribution in [1.29, 1.82) is 0 Å². The number of carbonyl (C=O) groups is 1. The highest BCUT2D eigenvalue weighted by atomic mass is 16.1. The van der Waals surface area contributed by atoms with E-state index in [1.54, 1.807) is 0 Å². The molecule has 1 aromatic rings. The summed E-state index contributed by atoms with van der Waals surface area (Å²) >= 11 is 0. The van der Waals surface area contributed by atoms with Crippen molar-refractivity contribution in [2.24, 2.45) is 11.7 Å². The number of carbonyl (C=O) groups excluding carboxylic acids is 1. The SMILES string of the molecule is NC(=O)CN(CC1CC1)c1ccccc1. The Bertz CT molecular complexity index is 333. The van der Waals surface area contributed by atoms with Crippen LogP contribution in [0.3, 0.4) is 0 Å². The van der Waals surface area contributed by atoms with Gasteiger partial charge in [-0.25, -0.2) is 0 Å². The zero-order valence-corrected chi connectivity index (χ0v) is 8.73. The normalized spacial score (nSPS) is 14.9. The van der Waals surface area contributed by atoms with Gasteiger partial charge in [0, 0.05) is 12.2 Å². The van der Waals surface area contributed by atoms with Crippen LogP contribution in [0.2, 0.25) is 0 Å². The van der Waals surface area contributed by atoms with Crippen LogP contribution in [0.15, 0.2) is 30.3 Å². The smallest absolute Gasteiger partial charge is 0.236 e. The van der Waals surface area contributed by atoms with Crippen molar-refractivity contribution >= 4 is 11.6 Å². The maximum Gasteiger partial charge on any atom is 0.236 e. The quantitative estimate of drug-likeness (QED) is 0.787. The number of rotatable bonds is 5. The minimum absolute atomic E-state index is 0.264. The fourth-order valence-corrected chi connectivity index (χ4v) is 1.70. The number of nitrogens with zero attached hydrogens (tertiary/aromatic N) is 1. The van der Waals surface area contributed by atoms with E-state index in [-0.39, 0.29) is 5.91 Å². The minimum atomic E-state index is -0.264. The van der Waals surface area contributed by atoms with Gasteiger partial charge in [-0.2, -0.15) is 0 Å². The zero-order chi connectivity index (χ0) is 10.7. The molecule has 3 heteroatoms. The molecule has 15 heavy (non-hydrogen) atoms. The Kier molecular flexibility index (Phi) is 2.90. The van der Waals surface area contributed by atoms with Gasteiger partial charge in [0.2, 0.25) is 5.91 Å². The van der Waals surface area contributed by atoms with E-state index in [9.17, 15) is 4.79 Å². The van der Waals surface area contributed by atoms with E-state index in [2.05, 4.69) is 4.90 Å². The van der Waals surface area contributed by atoms with E-state index in [4.69, 9.17) is 5.73 Å². The van der Waals surface area contributed by atoms with Crippen molar-refractivity contribution in [3.63, 3.8) is 0 Å². The topological polar surface area (TPSA) is 46.3 Å². The second kappa shape index (κ2) is 4.34. The summed E-state index contributed by atoms with van der Waals surface area (Å²) in [5.74, 6) is 0.490. The lowest BCUT2D eigenvalue weighted by atomic mass is 10.2. The standard InChI is InChI=1S/C12H16N2O/c13-12(15)9-14(8-10-6-7-10)11-4-2-1-3-5-11/h1-5,10H,6-9H2,(H2,13,15). The summed E-state index contributed by atoms with van der Waals surface area (Å²) in [4.78, 5) is 13.0. The Labute approximate surface area is 89.9 Å². The van der Waals surface area contributed by atoms with E-state index in [0.717, 1.165) is 18.2 Å².